The predicted molar refractivity (Wildman–Crippen MR) is 60.8 cm³/mol. The molecule has 1 rings (SSSR count). The minimum Gasteiger partial charge on any atom is -0.481 e. The Bertz CT molecular complexity index is 391. The van der Waals surface area contributed by atoms with Crippen LogP contribution in [0, 0.1) is 6.92 Å². The molecule has 0 aliphatic rings. The lowest BCUT2D eigenvalue weighted by Gasteiger charge is -2.15. The van der Waals surface area contributed by atoms with E-state index < -0.39 is 5.97 Å². The summed E-state index contributed by atoms with van der Waals surface area (Å²) >= 11 is 1.33. The first-order chi connectivity index (χ1) is 7.49. The molecular weight excluding hydrogens is 230 g/mol. The SMILES string of the molecule is Cc1csc(NC(=O)N(C)CCC(=O)O)n1. The van der Waals surface area contributed by atoms with Crippen LogP contribution in [0.3, 0.4) is 0 Å². The normalized spacial score (nSPS) is 9.88. The van der Waals surface area contributed by atoms with E-state index in [1.807, 2.05) is 12.3 Å². The van der Waals surface area contributed by atoms with E-state index in [2.05, 4.69) is 10.3 Å². The number of aliphatic carboxylic acids is 1. The second kappa shape index (κ2) is 5.45. The van der Waals surface area contributed by atoms with Crippen LogP contribution in [0.15, 0.2) is 5.38 Å². The van der Waals surface area contributed by atoms with Crippen LogP contribution in [0.2, 0.25) is 0 Å². The number of carboxylic acid groups (broad SMARTS) is 1. The average molecular weight is 243 g/mol. The molecule has 6 nitrogen and oxygen atoms in total. The summed E-state index contributed by atoms with van der Waals surface area (Å²) in [6.07, 6.45) is -0.0686. The van der Waals surface area contributed by atoms with Crippen molar-refractivity contribution in [1.29, 1.82) is 0 Å². The third-order valence-electron chi connectivity index (χ3n) is 1.84. The quantitative estimate of drug-likeness (QED) is 0.837. The molecule has 1 aromatic heterocycles. The van der Waals surface area contributed by atoms with Crippen LogP contribution in [0.1, 0.15) is 12.1 Å². The van der Waals surface area contributed by atoms with Gasteiger partial charge in [-0.3, -0.25) is 10.1 Å². The largest absolute Gasteiger partial charge is 0.481 e. The Hall–Kier alpha value is -1.63. The zero-order valence-corrected chi connectivity index (χ0v) is 9.87. The van der Waals surface area contributed by atoms with Crippen molar-refractivity contribution in [3.05, 3.63) is 11.1 Å². The highest BCUT2D eigenvalue weighted by molar-refractivity contribution is 7.13. The topological polar surface area (TPSA) is 82.5 Å². The van der Waals surface area contributed by atoms with Gasteiger partial charge < -0.3 is 10.0 Å². The van der Waals surface area contributed by atoms with Gasteiger partial charge in [-0.05, 0) is 6.92 Å². The highest BCUT2D eigenvalue weighted by Gasteiger charge is 2.11. The number of thiazole rings is 1. The summed E-state index contributed by atoms with van der Waals surface area (Å²) in [5.74, 6) is -0.926. The summed E-state index contributed by atoms with van der Waals surface area (Å²) < 4.78 is 0. The van der Waals surface area contributed by atoms with Gasteiger partial charge in [0, 0.05) is 19.0 Å². The van der Waals surface area contributed by atoms with Gasteiger partial charge in [0.1, 0.15) is 0 Å². The molecular formula is C9H13N3O3S. The maximum absolute atomic E-state index is 11.5. The van der Waals surface area contributed by atoms with Crippen molar-refractivity contribution in [3.8, 4) is 0 Å². The molecule has 0 radical (unpaired) electrons. The fourth-order valence-corrected chi connectivity index (χ4v) is 1.64. The Morgan fingerprint density at radius 2 is 2.31 bits per heavy atom. The molecule has 0 saturated carbocycles. The number of carboxylic acids is 1. The van der Waals surface area contributed by atoms with Crippen molar-refractivity contribution in [2.45, 2.75) is 13.3 Å². The number of anilines is 1. The molecule has 0 fully saturated rings. The lowest BCUT2D eigenvalue weighted by Crippen LogP contribution is -2.33. The van der Waals surface area contributed by atoms with E-state index in [-0.39, 0.29) is 19.0 Å². The van der Waals surface area contributed by atoms with Gasteiger partial charge in [-0.25, -0.2) is 9.78 Å². The highest BCUT2D eigenvalue weighted by Crippen LogP contribution is 2.14. The van der Waals surface area contributed by atoms with Crippen molar-refractivity contribution in [2.24, 2.45) is 0 Å². The van der Waals surface area contributed by atoms with Gasteiger partial charge in [0.2, 0.25) is 0 Å². The van der Waals surface area contributed by atoms with Gasteiger partial charge in [0.05, 0.1) is 12.1 Å². The molecule has 2 N–H and O–H groups in total. The van der Waals surface area contributed by atoms with Crippen LogP contribution in [0.4, 0.5) is 9.93 Å². The first kappa shape index (κ1) is 12.4. The van der Waals surface area contributed by atoms with Gasteiger partial charge in [-0.15, -0.1) is 11.3 Å². The molecule has 0 bridgehead atoms. The summed E-state index contributed by atoms with van der Waals surface area (Å²) in [6.45, 7) is 2.01. The van der Waals surface area contributed by atoms with Crippen molar-refractivity contribution in [1.82, 2.24) is 9.88 Å². The third kappa shape index (κ3) is 3.85. The molecule has 0 atom stereocenters. The number of carbonyl (C=O) groups is 2. The molecule has 1 heterocycles. The highest BCUT2D eigenvalue weighted by atomic mass is 32.1. The Labute approximate surface area is 96.9 Å². The first-order valence-electron chi connectivity index (χ1n) is 4.65. The maximum Gasteiger partial charge on any atom is 0.323 e. The molecule has 0 spiro atoms. The van der Waals surface area contributed by atoms with E-state index in [4.69, 9.17) is 5.11 Å². The lowest BCUT2D eigenvalue weighted by atomic mass is 10.4. The molecule has 1 aromatic rings. The Morgan fingerprint density at radius 1 is 1.62 bits per heavy atom. The van der Waals surface area contributed by atoms with E-state index in [1.165, 1.54) is 16.2 Å². The van der Waals surface area contributed by atoms with Gasteiger partial charge in [0.25, 0.3) is 0 Å². The van der Waals surface area contributed by atoms with Gasteiger partial charge in [0.15, 0.2) is 5.13 Å². The van der Waals surface area contributed by atoms with Gasteiger partial charge in [-0.1, -0.05) is 0 Å². The minimum absolute atomic E-state index is 0.0686. The number of rotatable bonds is 4. The minimum atomic E-state index is -0.926. The molecule has 88 valence electrons. The van der Waals surface area contributed by atoms with Crippen molar-refractivity contribution in [2.75, 3.05) is 18.9 Å². The number of nitrogens with zero attached hydrogens (tertiary/aromatic N) is 2. The van der Waals surface area contributed by atoms with E-state index in [0.717, 1.165) is 5.69 Å². The number of hydrogen-bond donors (Lipinski definition) is 2. The molecule has 0 aliphatic heterocycles. The van der Waals surface area contributed by atoms with Crippen LogP contribution in [0.25, 0.3) is 0 Å². The standard InChI is InChI=1S/C9H13N3O3S/c1-6-5-16-8(10-6)11-9(15)12(2)4-3-7(13)14/h5H,3-4H2,1-2H3,(H,13,14)(H,10,11,15). The summed E-state index contributed by atoms with van der Waals surface area (Å²) in [7, 11) is 1.54. The average Bonchev–Trinajstić information content (AvgIpc) is 2.60. The number of carbonyl (C=O) groups excluding carboxylic acids is 1. The molecule has 0 aliphatic carbocycles. The van der Waals surface area contributed by atoms with E-state index >= 15 is 0 Å². The van der Waals surface area contributed by atoms with E-state index in [0.29, 0.717) is 5.13 Å². The zero-order chi connectivity index (χ0) is 12.1. The van der Waals surface area contributed by atoms with Gasteiger partial charge in [-0.2, -0.15) is 0 Å². The van der Waals surface area contributed by atoms with Crippen LogP contribution < -0.4 is 5.32 Å². The number of urea groups is 1. The summed E-state index contributed by atoms with van der Waals surface area (Å²) in [5.41, 5.74) is 0.841. The summed E-state index contributed by atoms with van der Waals surface area (Å²) in [4.78, 5) is 27.2. The molecule has 0 unspecified atom stereocenters. The third-order valence-corrected chi connectivity index (χ3v) is 2.72. The molecule has 0 aromatic carbocycles. The molecule has 16 heavy (non-hydrogen) atoms. The second-order valence-electron chi connectivity index (χ2n) is 3.29. The van der Waals surface area contributed by atoms with Gasteiger partial charge >= 0.3 is 12.0 Å². The summed E-state index contributed by atoms with van der Waals surface area (Å²) in [5, 5.41) is 13.4. The fraction of sp³-hybridized carbons (Fsp3) is 0.444. The Morgan fingerprint density at radius 3 is 2.81 bits per heavy atom. The van der Waals surface area contributed by atoms with Crippen molar-refractivity contribution >= 4 is 28.5 Å². The predicted octanol–water partition coefficient (Wildman–Crippen LogP) is 1.39. The first-order valence-corrected chi connectivity index (χ1v) is 5.53. The number of aryl methyl sites for hydroxylation is 1. The fourth-order valence-electron chi connectivity index (χ4n) is 0.963. The lowest BCUT2D eigenvalue weighted by molar-refractivity contribution is -0.137. The number of nitrogens with one attached hydrogen (secondary N) is 1. The van der Waals surface area contributed by atoms with Crippen LogP contribution in [0.5, 0.6) is 0 Å². The Balaban J connectivity index is 2.42. The monoisotopic (exact) mass is 243 g/mol. The molecule has 7 heteroatoms. The van der Waals surface area contributed by atoms with Crippen LogP contribution in [-0.4, -0.2) is 40.6 Å². The van der Waals surface area contributed by atoms with Crippen LogP contribution >= 0.6 is 11.3 Å². The molecule has 0 saturated heterocycles. The maximum atomic E-state index is 11.5. The number of amides is 2. The van der Waals surface area contributed by atoms with E-state index in [1.54, 1.807) is 7.05 Å². The molecule has 2 amide bonds. The number of hydrogen-bond acceptors (Lipinski definition) is 4. The number of aromatic nitrogens is 1. The zero-order valence-electron chi connectivity index (χ0n) is 9.06. The van der Waals surface area contributed by atoms with E-state index in [9.17, 15) is 9.59 Å². The summed E-state index contributed by atoms with van der Waals surface area (Å²) in [6, 6.07) is -0.351. The van der Waals surface area contributed by atoms with Crippen LogP contribution in [-0.2, 0) is 4.79 Å². The second-order valence-corrected chi connectivity index (χ2v) is 4.15. The smallest absolute Gasteiger partial charge is 0.323 e. The Kier molecular flexibility index (Phi) is 4.24. The van der Waals surface area contributed by atoms with Crippen molar-refractivity contribution < 1.29 is 14.7 Å². The van der Waals surface area contributed by atoms with Crippen molar-refractivity contribution in [3.63, 3.8) is 0 Å².